The van der Waals surface area contributed by atoms with E-state index in [4.69, 9.17) is 9.47 Å². The van der Waals surface area contributed by atoms with Gasteiger partial charge in [0.25, 0.3) is 5.76 Å². The van der Waals surface area contributed by atoms with E-state index in [0.29, 0.717) is 6.29 Å². The zero-order valence-electron chi connectivity index (χ0n) is 7.20. The van der Waals surface area contributed by atoms with Crippen LogP contribution in [0.15, 0.2) is 23.4 Å². The molecule has 1 aliphatic rings. The summed E-state index contributed by atoms with van der Waals surface area (Å²) in [6.45, 7) is 0. The molecule has 0 amide bonds. The van der Waals surface area contributed by atoms with E-state index >= 15 is 0 Å². The standard InChI is InChI=1S/C8H8O5/c1-11-6-5(3-4-9)13-8(10)7(6)12-2/h3-4H,1-2H3/b5-3-. The molecule has 0 aromatic heterocycles. The monoisotopic (exact) mass is 184 g/mol. The Bertz CT molecular complexity index is 300. The van der Waals surface area contributed by atoms with Gasteiger partial charge in [-0.2, -0.15) is 0 Å². The minimum Gasteiger partial charge on any atom is -0.490 e. The lowest BCUT2D eigenvalue weighted by Gasteiger charge is -1.99. The Kier molecular flexibility index (Phi) is 2.69. The molecule has 70 valence electrons. The predicted octanol–water partition coefficient (Wildman–Crippen LogP) is 0.130. The average molecular weight is 184 g/mol. The summed E-state index contributed by atoms with van der Waals surface area (Å²) in [5, 5.41) is 0. The highest BCUT2D eigenvalue weighted by Crippen LogP contribution is 2.26. The van der Waals surface area contributed by atoms with Gasteiger partial charge >= 0.3 is 5.97 Å². The molecule has 0 unspecified atom stereocenters. The van der Waals surface area contributed by atoms with Gasteiger partial charge < -0.3 is 14.2 Å². The van der Waals surface area contributed by atoms with Crippen molar-refractivity contribution in [2.45, 2.75) is 0 Å². The fraction of sp³-hybridized carbons (Fsp3) is 0.250. The molecule has 0 aromatic carbocycles. The van der Waals surface area contributed by atoms with E-state index in [-0.39, 0.29) is 17.3 Å². The fourth-order valence-corrected chi connectivity index (χ4v) is 0.938. The van der Waals surface area contributed by atoms with Crippen molar-refractivity contribution in [2.24, 2.45) is 0 Å². The third-order valence-corrected chi connectivity index (χ3v) is 1.45. The molecule has 0 spiro atoms. The molecule has 0 aliphatic carbocycles. The van der Waals surface area contributed by atoms with Gasteiger partial charge in [-0.05, 0) is 0 Å². The van der Waals surface area contributed by atoms with Crippen LogP contribution in [0.1, 0.15) is 0 Å². The van der Waals surface area contributed by atoms with Crippen molar-refractivity contribution in [3.05, 3.63) is 23.4 Å². The van der Waals surface area contributed by atoms with E-state index in [1.54, 1.807) is 0 Å². The van der Waals surface area contributed by atoms with E-state index < -0.39 is 5.97 Å². The van der Waals surface area contributed by atoms with Gasteiger partial charge in [0.2, 0.25) is 5.76 Å². The number of rotatable bonds is 3. The SMILES string of the molecule is COC1=C(OC)/C(=C/C=O)OC1=O. The lowest BCUT2D eigenvalue weighted by Crippen LogP contribution is -2.00. The number of carbonyl (C=O) groups excluding carboxylic acids is 2. The lowest BCUT2D eigenvalue weighted by molar-refractivity contribution is -0.136. The molecular weight excluding hydrogens is 176 g/mol. The number of hydrogen-bond donors (Lipinski definition) is 0. The maximum atomic E-state index is 11.0. The zero-order valence-corrected chi connectivity index (χ0v) is 7.20. The summed E-state index contributed by atoms with van der Waals surface area (Å²) in [5.41, 5.74) is 0. The van der Waals surface area contributed by atoms with Crippen LogP contribution in [-0.2, 0) is 23.8 Å². The number of allylic oxidation sites excluding steroid dienone is 1. The maximum absolute atomic E-state index is 11.0. The summed E-state index contributed by atoms with van der Waals surface area (Å²) in [6, 6.07) is 0. The van der Waals surface area contributed by atoms with Crippen LogP contribution in [0.25, 0.3) is 0 Å². The molecule has 5 nitrogen and oxygen atoms in total. The van der Waals surface area contributed by atoms with Crippen molar-refractivity contribution in [1.29, 1.82) is 0 Å². The number of carbonyl (C=O) groups is 2. The minimum atomic E-state index is -0.660. The number of aldehydes is 1. The molecule has 1 rings (SSSR count). The van der Waals surface area contributed by atoms with Gasteiger partial charge in [0, 0.05) is 6.08 Å². The summed E-state index contributed by atoms with van der Waals surface area (Å²) in [5.74, 6) is -0.484. The van der Waals surface area contributed by atoms with Gasteiger partial charge in [-0.3, -0.25) is 4.79 Å². The van der Waals surface area contributed by atoms with Crippen LogP contribution in [-0.4, -0.2) is 26.5 Å². The number of methoxy groups -OCH3 is 2. The minimum absolute atomic E-state index is 0.0319. The highest BCUT2D eigenvalue weighted by molar-refractivity contribution is 5.92. The van der Waals surface area contributed by atoms with Crippen LogP contribution in [0.4, 0.5) is 0 Å². The third kappa shape index (κ3) is 1.53. The molecule has 1 aliphatic heterocycles. The molecule has 0 radical (unpaired) electrons. The van der Waals surface area contributed by atoms with Crippen LogP contribution >= 0.6 is 0 Å². The maximum Gasteiger partial charge on any atom is 0.383 e. The second-order valence-corrected chi connectivity index (χ2v) is 2.12. The van der Waals surface area contributed by atoms with E-state index in [2.05, 4.69) is 4.74 Å². The number of hydrogen-bond acceptors (Lipinski definition) is 5. The van der Waals surface area contributed by atoms with Crippen LogP contribution in [0, 0.1) is 0 Å². The summed E-state index contributed by atoms with van der Waals surface area (Å²) in [6.07, 6.45) is 1.59. The highest BCUT2D eigenvalue weighted by atomic mass is 16.6. The Morgan fingerprint density at radius 2 is 1.85 bits per heavy atom. The largest absolute Gasteiger partial charge is 0.490 e. The Morgan fingerprint density at radius 3 is 2.31 bits per heavy atom. The topological polar surface area (TPSA) is 61.8 Å². The first kappa shape index (κ1) is 9.31. The van der Waals surface area contributed by atoms with Crippen LogP contribution in [0.2, 0.25) is 0 Å². The van der Waals surface area contributed by atoms with Crippen molar-refractivity contribution in [3.63, 3.8) is 0 Å². The van der Waals surface area contributed by atoms with Crippen molar-refractivity contribution in [3.8, 4) is 0 Å². The average Bonchev–Trinajstić information content (AvgIpc) is 2.41. The number of esters is 1. The quantitative estimate of drug-likeness (QED) is 0.354. The van der Waals surface area contributed by atoms with Crippen LogP contribution < -0.4 is 0 Å². The first-order chi connectivity index (χ1) is 6.24. The van der Waals surface area contributed by atoms with Crippen molar-refractivity contribution < 1.29 is 23.8 Å². The molecule has 0 saturated carbocycles. The molecule has 0 fully saturated rings. The predicted molar refractivity (Wildman–Crippen MR) is 41.3 cm³/mol. The van der Waals surface area contributed by atoms with Crippen LogP contribution in [0.3, 0.4) is 0 Å². The molecule has 13 heavy (non-hydrogen) atoms. The summed E-state index contributed by atoms with van der Waals surface area (Å²) < 4.78 is 14.2. The Balaban J connectivity index is 3.09. The molecule has 0 bridgehead atoms. The first-order valence-corrected chi connectivity index (χ1v) is 3.44. The molecular formula is C8H8O5. The van der Waals surface area contributed by atoms with Gasteiger partial charge in [-0.1, -0.05) is 0 Å². The highest BCUT2D eigenvalue weighted by Gasteiger charge is 2.32. The van der Waals surface area contributed by atoms with Gasteiger partial charge in [0.15, 0.2) is 5.76 Å². The van der Waals surface area contributed by atoms with E-state index in [1.807, 2.05) is 0 Å². The summed E-state index contributed by atoms with van der Waals surface area (Å²) in [4.78, 5) is 21.2. The van der Waals surface area contributed by atoms with Gasteiger partial charge in [-0.15, -0.1) is 0 Å². The zero-order chi connectivity index (χ0) is 9.84. The van der Waals surface area contributed by atoms with Crippen LogP contribution in [0.5, 0.6) is 0 Å². The Hall–Kier alpha value is -1.78. The smallest absolute Gasteiger partial charge is 0.383 e. The molecule has 0 saturated heterocycles. The molecule has 5 heteroatoms. The third-order valence-electron chi connectivity index (χ3n) is 1.45. The van der Waals surface area contributed by atoms with Crippen molar-refractivity contribution in [1.82, 2.24) is 0 Å². The summed E-state index contributed by atoms with van der Waals surface area (Å²) >= 11 is 0. The Labute approximate surface area is 74.6 Å². The van der Waals surface area contributed by atoms with Crippen molar-refractivity contribution >= 4 is 12.3 Å². The number of cyclic esters (lactones) is 1. The van der Waals surface area contributed by atoms with Gasteiger partial charge in [0.1, 0.15) is 6.29 Å². The first-order valence-electron chi connectivity index (χ1n) is 3.44. The number of ether oxygens (including phenoxy) is 3. The molecule has 0 atom stereocenters. The summed E-state index contributed by atoms with van der Waals surface area (Å²) in [7, 11) is 2.68. The van der Waals surface area contributed by atoms with E-state index in [1.165, 1.54) is 14.2 Å². The fourth-order valence-electron chi connectivity index (χ4n) is 0.938. The van der Waals surface area contributed by atoms with Crippen molar-refractivity contribution in [2.75, 3.05) is 14.2 Å². The van der Waals surface area contributed by atoms with E-state index in [0.717, 1.165) is 6.08 Å². The molecule has 1 heterocycles. The van der Waals surface area contributed by atoms with Gasteiger partial charge in [-0.25, -0.2) is 4.79 Å². The lowest BCUT2D eigenvalue weighted by atomic mass is 10.3. The second kappa shape index (κ2) is 3.75. The molecule has 0 aromatic rings. The van der Waals surface area contributed by atoms with E-state index in [9.17, 15) is 9.59 Å². The normalized spacial score (nSPS) is 18.9. The van der Waals surface area contributed by atoms with Gasteiger partial charge in [0.05, 0.1) is 14.2 Å². The molecule has 0 N–H and O–H groups in total. The second-order valence-electron chi connectivity index (χ2n) is 2.12. The Morgan fingerprint density at radius 1 is 1.23 bits per heavy atom.